The number of carbonyl (C=O) groups excluding carboxylic acids is 3. The molecular formula is C12H20O4. The molecule has 0 atom stereocenters. The summed E-state index contributed by atoms with van der Waals surface area (Å²) >= 11 is 0. The van der Waals surface area contributed by atoms with Gasteiger partial charge in [-0.15, -0.1) is 0 Å². The highest BCUT2D eigenvalue weighted by molar-refractivity contribution is 6.00. The summed E-state index contributed by atoms with van der Waals surface area (Å²) in [6, 6.07) is 0. The second-order valence-electron chi connectivity index (χ2n) is 4.24. The van der Waals surface area contributed by atoms with Crippen molar-refractivity contribution >= 4 is 17.5 Å². The zero-order chi connectivity index (χ0) is 12.7. The van der Waals surface area contributed by atoms with Crippen molar-refractivity contribution in [3.8, 4) is 0 Å². The molecule has 0 aliphatic carbocycles. The monoisotopic (exact) mass is 228 g/mol. The molecule has 92 valence electrons. The third-order valence-electron chi connectivity index (χ3n) is 2.33. The van der Waals surface area contributed by atoms with E-state index in [1.807, 2.05) is 0 Å². The third-order valence-corrected chi connectivity index (χ3v) is 2.33. The van der Waals surface area contributed by atoms with E-state index < -0.39 is 5.92 Å². The van der Waals surface area contributed by atoms with E-state index in [0.717, 1.165) is 0 Å². The van der Waals surface area contributed by atoms with Crippen LogP contribution < -0.4 is 0 Å². The fraction of sp³-hybridized carbons (Fsp3) is 0.750. The maximum atomic E-state index is 11.1. The molecule has 0 bridgehead atoms. The van der Waals surface area contributed by atoms with Crippen LogP contribution in [0.5, 0.6) is 0 Å². The number of hydrogen-bond donors (Lipinski definition) is 0. The first-order valence-corrected chi connectivity index (χ1v) is 5.53. The SMILES string of the molecule is CC(=O)C(CCCOC(=O)C(C)C)C(C)=O. The number of rotatable bonds is 7. The van der Waals surface area contributed by atoms with E-state index in [0.29, 0.717) is 12.8 Å². The van der Waals surface area contributed by atoms with Crippen LogP contribution in [-0.4, -0.2) is 24.1 Å². The summed E-state index contributed by atoms with van der Waals surface area (Å²) in [5, 5.41) is 0. The average Bonchev–Trinajstić information content (AvgIpc) is 2.15. The Balaban J connectivity index is 3.84. The standard InChI is InChI=1S/C12H20O4/c1-8(2)12(15)16-7-5-6-11(9(3)13)10(4)14/h8,11H,5-7H2,1-4H3. The zero-order valence-electron chi connectivity index (χ0n) is 10.4. The highest BCUT2D eigenvalue weighted by Gasteiger charge is 2.19. The van der Waals surface area contributed by atoms with E-state index in [1.165, 1.54) is 13.8 Å². The number of esters is 1. The molecular weight excluding hydrogens is 208 g/mol. The number of hydrogen-bond acceptors (Lipinski definition) is 4. The van der Waals surface area contributed by atoms with Crippen LogP contribution >= 0.6 is 0 Å². The van der Waals surface area contributed by atoms with Crippen LogP contribution in [-0.2, 0) is 19.1 Å². The fourth-order valence-corrected chi connectivity index (χ4v) is 1.32. The van der Waals surface area contributed by atoms with E-state index >= 15 is 0 Å². The number of Topliss-reactive ketones (excluding diaryl/α,β-unsaturated/α-hetero) is 2. The molecule has 0 aliphatic rings. The normalized spacial score (nSPS) is 10.6. The molecule has 0 fully saturated rings. The zero-order valence-corrected chi connectivity index (χ0v) is 10.4. The van der Waals surface area contributed by atoms with Gasteiger partial charge in [-0.05, 0) is 26.7 Å². The second kappa shape index (κ2) is 7.14. The van der Waals surface area contributed by atoms with Crippen molar-refractivity contribution in [1.29, 1.82) is 0 Å². The lowest BCUT2D eigenvalue weighted by atomic mass is 9.95. The maximum Gasteiger partial charge on any atom is 0.308 e. The lowest BCUT2D eigenvalue weighted by Crippen LogP contribution is -2.20. The van der Waals surface area contributed by atoms with Gasteiger partial charge in [0.25, 0.3) is 0 Å². The van der Waals surface area contributed by atoms with Gasteiger partial charge in [-0.1, -0.05) is 13.8 Å². The molecule has 0 aromatic heterocycles. The summed E-state index contributed by atoms with van der Waals surface area (Å²) in [6.45, 7) is 6.61. The van der Waals surface area contributed by atoms with Gasteiger partial charge in [-0.25, -0.2) is 0 Å². The Hall–Kier alpha value is -1.19. The summed E-state index contributed by atoms with van der Waals surface area (Å²) < 4.78 is 4.95. The largest absolute Gasteiger partial charge is 0.465 e. The Morgan fingerprint density at radius 3 is 1.94 bits per heavy atom. The number of carbonyl (C=O) groups is 3. The summed E-state index contributed by atoms with van der Waals surface area (Å²) in [5.41, 5.74) is 0. The van der Waals surface area contributed by atoms with Crippen LogP contribution in [0.25, 0.3) is 0 Å². The van der Waals surface area contributed by atoms with E-state index in [4.69, 9.17) is 4.74 Å². The summed E-state index contributed by atoms with van der Waals surface area (Å²) in [4.78, 5) is 33.3. The third kappa shape index (κ3) is 5.63. The van der Waals surface area contributed by atoms with Crippen LogP contribution in [0.15, 0.2) is 0 Å². The Kier molecular flexibility index (Phi) is 6.61. The molecule has 0 saturated heterocycles. The van der Waals surface area contributed by atoms with Crippen LogP contribution in [0.4, 0.5) is 0 Å². The molecule has 0 N–H and O–H groups in total. The molecule has 0 heterocycles. The molecule has 4 heteroatoms. The van der Waals surface area contributed by atoms with E-state index in [-0.39, 0.29) is 30.1 Å². The minimum Gasteiger partial charge on any atom is -0.465 e. The smallest absolute Gasteiger partial charge is 0.308 e. The summed E-state index contributed by atoms with van der Waals surface area (Å²) in [7, 11) is 0. The molecule has 0 unspecified atom stereocenters. The molecule has 0 spiro atoms. The Labute approximate surface area is 96.4 Å². The molecule has 4 nitrogen and oxygen atoms in total. The quantitative estimate of drug-likeness (QED) is 0.378. The Morgan fingerprint density at radius 2 is 1.56 bits per heavy atom. The molecule has 16 heavy (non-hydrogen) atoms. The molecule has 0 aromatic carbocycles. The van der Waals surface area contributed by atoms with Gasteiger partial charge in [0.1, 0.15) is 11.6 Å². The Morgan fingerprint density at radius 1 is 1.06 bits per heavy atom. The van der Waals surface area contributed by atoms with Gasteiger partial charge in [0.05, 0.1) is 18.4 Å². The van der Waals surface area contributed by atoms with Gasteiger partial charge >= 0.3 is 5.97 Å². The predicted octanol–water partition coefficient (Wildman–Crippen LogP) is 1.76. The van der Waals surface area contributed by atoms with Gasteiger partial charge in [-0.3, -0.25) is 14.4 Å². The molecule has 0 aliphatic heterocycles. The van der Waals surface area contributed by atoms with Gasteiger partial charge in [-0.2, -0.15) is 0 Å². The molecule has 0 rings (SSSR count). The molecule has 0 saturated carbocycles. The number of ketones is 2. The molecule has 0 radical (unpaired) electrons. The van der Waals surface area contributed by atoms with E-state index in [2.05, 4.69) is 0 Å². The minimum absolute atomic E-state index is 0.123. The lowest BCUT2D eigenvalue weighted by molar-refractivity contribution is -0.147. The highest BCUT2D eigenvalue weighted by atomic mass is 16.5. The van der Waals surface area contributed by atoms with E-state index in [9.17, 15) is 14.4 Å². The van der Waals surface area contributed by atoms with Gasteiger partial charge in [0.15, 0.2) is 0 Å². The van der Waals surface area contributed by atoms with Gasteiger partial charge in [0.2, 0.25) is 0 Å². The van der Waals surface area contributed by atoms with Crippen molar-refractivity contribution in [1.82, 2.24) is 0 Å². The Bertz CT molecular complexity index is 254. The van der Waals surface area contributed by atoms with Crippen LogP contribution in [0.1, 0.15) is 40.5 Å². The highest BCUT2D eigenvalue weighted by Crippen LogP contribution is 2.09. The van der Waals surface area contributed by atoms with Crippen LogP contribution in [0.2, 0.25) is 0 Å². The van der Waals surface area contributed by atoms with Crippen LogP contribution in [0.3, 0.4) is 0 Å². The first kappa shape index (κ1) is 14.8. The van der Waals surface area contributed by atoms with Crippen molar-refractivity contribution in [2.24, 2.45) is 11.8 Å². The minimum atomic E-state index is -0.544. The molecule has 0 aromatic rings. The summed E-state index contributed by atoms with van der Waals surface area (Å²) in [5.74, 6) is -1.18. The van der Waals surface area contributed by atoms with E-state index in [1.54, 1.807) is 13.8 Å². The second-order valence-corrected chi connectivity index (χ2v) is 4.24. The topological polar surface area (TPSA) is 60.4 Å². The van der Waals surface area contributed by atoms with Crippen molar-refractivity contribution in [3.05, 3.63) is 0 Å². The summed E-state index contributed by atoms with van der Waals surface area (Å²) in [6.07, 6.45) is 0.998. The van der Waals surface area contributed by atoms with Crippen LogP contribution in [0, 0.1) is 11.8 Å². The number of ether oxygens (including phenoxy) is 1. The fourth-order valence-electron chi connectivity index (χ4n) is 1.32. The van der Waals surface area contributed by atoms with Gasteiger partial charge < -0.3 is 4.74 Å². The van der Waals surface area contributed by atoms with Crippen molar-refractivity contribution in [3.63, 3.8) is 0 Å². The van der Waals surface area contributed by atoms with Crippen molar-refractivity contribution < 1.29 is 19.1 Å². The predicted molar refractivity (Wildman–Crippen MR) is 59.9 cm³/mol. The van der Waals surface area contributed by atoms with Gasteiger partial charge in [0, 0.05) is 0 Å². The van der Waals surface area contributed by atoms with Crippen molar-refractivity contribution in [2.45, 2.75) is 40.5 Å². The first-order chi connectivity index (χ1) is 7.36. The maximum absolute atomic E-state index is 11.1. The molecule has 0 amide bonds. The first-order valence-electron chi connectivity index (χ1n) is 5.53. The lowest BCUT2D eigenvalue weighted by Gasteiger charge is -2.10. The average molecular weight is 228 g/mol. The van der Waals surface area contributed by atoms with Crippen molar-refractivity contribution in [2.75, 3.05) is 6.61 Å².